The smallest absolute Gasteiger partial charge is 0.271 e. The number of aromatic nitrogens is 1. The molecule has 0 atom stereocenters. The quantitative estimate of drug-likeness (QED) is 0.851. The lowest BCUT2D eigenvalue weighted by molar-refractivity contribution is 0.103. The monoisotopic (exact) mass is 352 g/mol. The molecule has 0 radical (unpaired) electrons. The second-order valence-corrected chi connectivity index (χ2v) is 7.74. The van der Waals surface area contributed by atoms with Crippen molar-refractivity contribution >= 4 is 5.78 Å². The summed E-state index contributed by atoms with van der Waals surface area (Å²) in [6.45, 7) is 11.2. The molecule has 2 rings (SSSR count). The summed E-state index contributed by atoms with van der Waals surface area (Å²) in [5, 5.41) is 19.9. The highest BCUT2D eigenvalue weighted by molar-refractivity contribution is 6.11. The van der Waals surface area contributed by atoms with E-state index < -0.39 is 17.2 Å². The molecule has 136 valence electrons. The number of carbonyl (C=O) groups is 1. The Morgan fingerprint density at radius 2 is 1.73 bits per heavy atom. The van der Waals surface area contributed by atoms with Gasteiger partial charge in [0.15, 0.2) is 5.78 Å². The van der Waals surface area contributed by atoms with Crippen LogP contribution in [-0.2, 0) is 5.41 Å². The van der Waals surface area contributed by atoms with Gasteiger partial charge in [-0.25, -0.2) is 0 Å². The maximum Gasteiger partial charge on any atom is 0.271 e. The highest BCUT2D eigenvalue weighted by Gasteiger charge is 2.26. The van der Waals surface area contributed by atoms with Crippen LogP contribution in [0.1, 0.15) is 73.3 Å². The Balaban J connectivity index is 2.68. The van der Waals surface area contributed by atoms with E-state index in [0.29, 0.717) is 5.56 Å². The number of hydrogen-bond acceptors (Lipinski definition) is 4. The number of nitrogens with zero attached hydrogens (tertiary/aromatic N) is 2. The standard InChI is InChI=1S/C21H24N2O3/c1-12(2)23-19(25)16(11-22)13(3)17(20(23)26)18(24)14-7-9-15(10-8-14)21(4,5)6/h7-10,12,26H,1-6H3. The lowest BCUT2D eigenvalue weighted by atomic mass is 9.86. The summed E-state index contributed by atoms with van der Waals surface area (Å²) >= 11 is 0. The van der Waals surface area contributed by atoms with Crippen molar-refractivity contribution in [3.8, 4) is 11.9 Å². The first kappa shape index (κ1) is 19.5. The van der Waals surface area contributed by atoms with Crippen LogP contribution in [-0.4, -0.2) is 15.5 Å². The molecule has 0 fully saturated rings. The molecule has 5 nitrogen and oxygen atoms in total. The van der Waals surface area contributed by atoms with Crippen molar-refractivity contribution in [1.82, 2.24) is 4.57 Å². The fraction of sp³-hybridized carbons (Fsp3) is 0.381. The maximum atomic E-state index is 13.0. The number of rotatable bonds is 3. The van der Waals surface area contributed by atoms with Gasteiger partial charge in [0.25, 0.3) is 5.56 Å². The molecule has 0 bridgehead atoms. The first-order valence-corrected chi connectivity index (χ1v) is 8.54. The molecule has 0 amide bonds. The number of benzene rings is 1. The topological polar surface area (TPSA) is 83.1 Å². The van der Waals surface area contributed by atoms with Crippen molar-refractivity contribution in [1.29, 1.82) is 5.26 Å². The lowest BCUT2D eigenvalue weighted by Gasteiger charge is -2.20. The first-order valence-electron chi connectivity index (χ1n) is 8.54. The molecule has 5 heteroatoms. The molecule has 0 aliphatic heterocycles. The van der Waals surface area contributed by atoms with E-state index in [1.54, 1.807) is 26.0 Å². The molecule has 0 aliphatic carbocycles. The number of hydrogen-bond donors (Lipinski definition) is 1. The molecule has 0 unspecified atom stereocenters. The van der Waals surface area contributed by atoms with Crippen LogP contribution >= 0.6 is 0 Å². The number of nitriles is 1. The Morgan fingerprint density at radius 3 is 2.15 bits per heavy atom. The highest BCUT2D eigenvalue weighted by Crippen LogP contribution is 2.28. The summed E-state index contributed by atoms with van der Waals surface area (Å²) < 4.78 is 1.09. The van der Waals surface area contributed by atoms with Gasteiger partial charge in [-0.1, -0.05) is 45.0 Å². The molecule has 1 aromatic carbocycles. The highest BCUT2D eigenvalue weighted by atomic mass is 16.3. The minimum Gasteiger partial charge on any atom is -0.494 e. The van der Waals surface area contributed by atoms with Crippen molar-refractivity contribution in [2.75, 3.05) is 0 Å². The van der Waals surface area contributed by atoms with Crippen LogP contribution in [0, 0.1) is 18.3 Å². The van der Waals surface area contributed by atoms with Gasteiger partial charge < -0.3 is 5.11 Å². The number of ketones is 1. The van der Waals surface area contributed by atoms with Gasteiger partial charge in [0, 0.05) is 11.6 Å². The van der Waals surface area contributed by atoms with Gasteiger partial charge in [0.2, 0.25) is 5.88 Å². The zero-order valence-corrected chi connectivity index (χ0v) is 16.0. The van der Waals surface area contributed by atoms with Crippen LogP contribution < -0.4 is 5.56 Å². The third-order valence-corrected chi connectivity index (χ3v) is 4.50. The summed E-state index contributed by atoms with van der Waals surface area (Å²) in [4.78, 5) is 25.4. The fourth-order valence-corrected chi connectivity index (χ4v) is 2.94. The molecule has 26 heavy (non-hydrogen) atoms. The summed E-state index contributed by atoms with van der Waals surface area (Å²) in [5.74, 6) is -0.808. The molecule has 1 N–H and O–H groups in total. The molecule has 0 spiro atoms. The predicted octanol–water partition coefficient (Wildman–Crippen LogP) is 3.84. The third kappa shape index (κ3) is 3.28. The van der Waals surface area contributed by atoms with Gasteiger partial charge in [-0.15, -0.1) is 0 Å². The van der Waals surface area contributed by atoms with E-state index in [0.717, 1.165) is 10.1 Å². The van der Waals surface area contributed by atoms with Crippen molar-refractivity contribution in [2.45, 2.75) is 53.0 Å². The SMILES string of the molecule is Cc1c(C(=O)c2ccc(C(C)(C)C)cc2)c(O)n(C(C)C)c(=O)c1C#N. The molecule has 2 aromatic rings. The van der Waals surface area contributed by atoms with Gasteiger partial charge in [0.1, 0.15) is 11.6 Å². The second-order valence-electron chi connectivity index (χ2n) is 7.74. The molecular weight excluding hydrogens is 328 g/mol. The van der Waals surface area contributed by atoms with E-state index in [1.807, 2.05) is 18.2 Å². The minimum atomic E-state index is -0.586. The van der Waals surface area contributed by atoms with E-state index in [2.05, 4.69) is 20.8 Å². The largest absolute Gasteiger partial charge is 0.494 e. The van der Waals surface area contributed by atoms with Gasteiger partial charge in [0.05, 0.1) is 5.56 Å². The predicted molar refractivity (Wildman–Crippen MR) is 101 cm³/mol. The number of pyridine rings is 1. The molecular formula is C21H24N2O3. The summed E-state index contributed by atoms with van der Waals surface area (Å²) in [6.07, 6.45) is 0. The van der Waals surface area contributed by atoms with E-state index in [4.69, 9.17) is 0 Å². The summed E-state index contributed by atoms with van der Waals surface area (Å²) in [7, 11) is 0. The van der Waals surface area contributed by atoms with Crippen molar-refractivity contribution in [3.05, 3.63) is 62.4 Å². The molecule has 1 heterocycles. The Morgan fingerprint density at radius 1 is 1.19 bits per heavy atom. The Labute approximate surface area is 153 Å². The van der Waals surface area contributed by atoms with Crippen LogP contribution in [0.4, 0.5) is 0 Å². The zero-order valence-electron chi connectivity index (χ0n) is 16.0. The number of aromatic hydroxyl groups is 1. The van der Waals surface area contributed by atoms with E-state index in [9.17, 15) is 20.0 Å². The van der Waals surface area contributed by atoms with Crippen LogP contribution in [0.15, 0.2) is 29.1 Å². The third-order valence-electron chi connectivity index (χ3n) is 4.50. The van der Waals surface area contributed by atoms with Gasteiger partial charge in [-0.2, -0.15) is 5.26 Å². The van der Waals surface area contributed by atoms with E-state index >= 15 is 0 Å². The molecule has 0 aliphatic rings. The van der Waals surface area contributed by atoms with Crippen molar-refractivity contribution < 1.29 is 9.90 Å². The summed E-state index contributed by atoms with van der Waals surface area (Å²) in [6, 6.07) is 8.65. The molecule has 1 aromatic heterocycles. The van der Waals surface area contributed by atoms with E-state index in [-0.39, 0.29) is 28.1 Å². The first-order chi connectivity index (χ1) is 12.0. The second kappa shape index (κ2) is 6.80. The molecule has 0 saturated carbocycles. The van der Waals surface area contributed by atoms with E-state index in [1.165, 1.54) is 6.92 Å². The normalized spacial score (nSPS) is 11.5. The maximum absolute atomic E-state index is 13.0. The van der Waals surface area contributed by atoms with Crippen molar-refractivity contribution in [2.24, 2.45) is 0 Å². The lowest BCUT2D eigenvalue weighted by Crippen LogP contribution is -2.28. The van der Waals surface area contributed by atoms with Gasteiger partial charge >= 0.3 is 0 Å². The average Bonchev–Trinajstić information content (AvgIpc) is 2.54. The van der Waals surface area contributed by atoms with Crippen LogP contribution in [0.3, 0.4) is 0 Å². The van der Waals surface area contributed by atoms with Crippen LogP contribution in [0.25, 0.3) is 0 Å². The van der Waals surface area contributed by atoms with Gasteiger partial charge in [-0.3, -0.25) is 14.2 Å². The van der Waals surface area contributed by atoms with Crippen LogP contribution in [0.2, 0.25) is 0 Å². The Bertz CT molecular complexity index is 953. The average molecular weight is 352 g/mol. The Kier molecular flexibility index (Phi) is 5.09. The number of carbonyl (C=O) groups excluding carboxylic acids is 1. The van der Waals surface area contributed by atoms with Gasteiger partial charge in [-0.05, 0) is 37.3 Å². The Hall–Kier alpha value is -2.87. The minimum absolute atomic E-state index is 0.00152. The molecule has 0 saturated heterocycles. The zero-order chi connectivity index (χ0) is 19.8. The fourth-order valence-electron chi connectivity index (χ4n) is 2.94. The van der Waals surface area contributed by atoms with Crippen molar-refractivity contribution in [3.63, 3.8) is 0 Å². The van der Waals surface area contributed by atoms with Crippen LogP contribution in [0.5, 0.6) is 5.88 Å². The summed E-state index contributed by atoms with van der Waals surface area (Å²) in [5.41, 5.74) is 0.936.